The van der Waals surface area contributed by atoms with Crippen LogP contribution in [0.3, 0.4) is 0 Å². The number of hydrogen-bond donors (Lipinski definition) is 0. The van der Waals surface area contributed by atoms with E-state index in [4.69, 9.17) is 19.5 Å². The van der Waals surface area contributed by atoms with Crippen LogP contribution in [0.5, 0.6) is 11.5 Å². The molecule has 2 aliphatic rings. The fourth-order valence-electron chi connectivity index (χ4n) is 7.55. The maximum atomic E-state index is 6.50. The van der Waals surface area contributed by atoms with E-state index in [1.807, 2.05) is 12.4 Å². The van der Waals surface area contributed by atoms with Gasteiger partial charge in [0.2, 0.25) is 0 Å². The van der Waals surface area contributed by atoms with Gasteiger partial charge in [-0.25, -0.2) is 0 Å². The first-order chi connectivity index (χ1) is 27.7. The molecule has 0 N–H and O–H groups in total. The highest BCUT2D eigenvalue weighted by Crippen LogP contribution is 2.30. The molecule has 2 saturated carbocycles. The van der Waals surface area contributed by atoms with Gasteiger partial charge in [-0.2, -0.15) is 0 Å². The van der Waals surface area contributed by atoms with E-state index in [2.05, 4.69) is 98.2 Å². The lowest BCUT2D eigenvalue weighted by Gasteiger charge is -2.17. The van der Waals surface area contributed by atoms with Gasteiger partial charge in [0.25, 0.3) is 0 Å². The van der Waals surface area contributed by atoms with Gasteiger partial charge >= 0.3 is 0 Å². The largest absolute Gasteiger partial charge is 0.492 e. The molecule has 2 fully saturated rings. The zero-order chi connectivity index (χ0) is 38.9. The first-order valence-electron chi connectivity index (χ1n) is 22.4. The molecule has 4 nitrogen and oxygen atoms in total. The molecule has 0 bridgehead atoms. The van der Waals surface area contributed by atoms with Crippen molar-refractivity contribution in [3.63, 3.8) is 0 Å². The van der Waals surface area contributed by atoms with Crippen LogP contribution >= 0.6 is 0 Å². The van der Waals surface area contributed by atoms with Crippen molar-refractivity contribution in [2.24, 2.45) is 9.98 Å². The van der Waals surface area contributed by atoms with E-state index in [9.17, 15) is 0 Å². The maximum Gasteiger partial charge on any atom is 0.136 e. The smallest absolute Gasteiger partial charge is 0.136 e. The minimum atomic E-state index is 0.472. The van der Waals surface area contributed by atoms with Crippen LogP contribution in [0.25, 0.3) is 0 Å². The van der Waals surface area contributed by atoms with Crippen LogP contribution in [-0.4, -0.2) is 37.7 Å². The van der Waals surface area contributed by atoms with Crippen molar-refractivity contribution in [3.8, 4) is 35.2 Å². The molecule has 0 radical (unpaired) electrons. The molecule has 3 aromatic carbocycles. The Morgan fingerprint density at radius 2 is 0.857 bits per heavy atom. The van der Waals surface area contributed by atoms with Crippen LogP contribution in [0.2, 0.25) is 0 Å². The molecular formula is C52H68N2O2. The van der Waals surface area contributed by atoms with Crippen molar-refractivity contribution in [3.05, 3.63) is 94.0 Å². The van der Waals surface area contributed by atoms with Crippen LogP contribution in [0.15, 0.2) is 70.6 Å². The number of aliphatic imine (C=N–C) groups is 2. The zero-order valence-corrected chi connectivity index (χ0v) is 34.8. The molecule has 0 atom stereocenters. The Kier molecular flexibility index (Phi) is 19.7. The molecule has 3 aromatic rings. The molecule has 0 aromatic heterocycles. The van der Waals surface area contributed by atoms with Crippen molar-refractivity contribution in [2.75, 3.05) is 13.2 Å². The van der Waals surface area contributed by atoms with Crippen LogP contribution < -0.4 is 9.47 Å². The van der Waals surface area contributed by atoms with E-state index < -0.39 is 0 Å². The molecule has 0 heterocycles. The van der Waals surface area contributed by atoms with Gasteiger partial charge in [-0.15, -0.1) is 0 Å². The van der Waals surface area contributed by atoms with Crippen LogP contribution in [0, 0.1) is 23.7 Å². The average molecular weight is 753 g/mol. The Morgan fingerprint density at radius 3 is 1.25 bits per heavy atom. The van der Waals surface area contributed by atoms with Gasteiger partial charge in [-0.3, -0.25) is 9.98 Å². The second-order valence-electron chi connectivity index (χ2n) is 16.0. The Labute approximate surface area is 340 Å². The standard InChI is InChI=1S/C52H68N2O2/c1-3-5-7-9-11-19-37-55-51-39-48(36-34-44-27-31-46(32-28-44)42-54-50-23-17-14-18-24-50)52(56-38-20-12-10-8-6-4-2)40-47(51)35-33-43-25-29-45(30-26-43)41-53-49-21-15-13-16-22-49/h25-32,39-42,49-50H,3-24,37-38H2,1-2H3. The molecule has 0 aliphatic heterocycles. The van der Waals surface area contributed by atoms with Crippen molar-refractivity contribution >= 4 is 12.4 Å². The summed E-state index contributed by atoms with van der Waals surface area (Å²) in [5.74, 6) is 15.3. The minimum absolute atomic E-state index is 0.472. The number of ether oxygens (including phenoxy) is 2. The first kappa shape index (κ1) is 42.9. The minimum Gasteiger partial charge on any atom is -0.492 e. The summed E-state index contributed by atoms with van der Waals surface area (Å²) in [6, 6.07) is 21.9. The van der Waals surface area contributed by atoms with Crippen LogP contribution in [0.4, 0.5) is 0 Å². The molecular weight excluding hydrogens is 685 g/mol. The number of nitrogens with zero attached hydrogens (tertiary/aromatic N) is 2. The normalized spacial score (nSPS) is 15.0. The number of rotatable bonds is 20. The monoisotopic (exact) mass is 753 g/mol. The predicted molar refractivity (Wildman–Crippen MR) is 238 cm³/mol. The predicted octanol–water partition coefficient (Wildman–Crippen LogP) is 13.5. The third-order valence-corrected chi connectivity index (χ3v) is 11.1. The third kappa shape index (κ3) is 16.1. The maximum absolute atomic E-state index is 6.50. The zero-order valence-electron chi connectivity index (χ0n) is 34.8. The Balaban J connectivity index is 1.36. The quantitative estimate of drug-likeness (QED) is 0.0655. The summed E-state index contributed by atoms with van der Waals surface area (Å²) in [5.41, 5.74) is 5.85. The van der Waals surface area contributed by atoms with Gasteiger partial charge in [-0.05, 0) is 73.9 Å². The average Bonchev–Trinajstić information content (AvgIpc) is 3.25. The number of benzene rings is 3. The highest BCUT2D eigenvalue weighted by Gasteiger charge is 2.13. The lowest BCUT2D eigenvalue weighted by Crippen LogP contribution is -2.09. The fraction of sp³-hybridized carbons (Fsp3) is 0.538. The molecule has 2 aliphatic carbocycles. The summed E-state index contributed by atoms with van der Waals surface area (Å²) in [5, 5.41) is 0. The van der Waals surface area contributed by atoms with Crippen molar-refractivity contribution in [1.82, 2.24) is 0 Å². The molecule has 0 spiro atoms. The van der Waals surface area contributed by atoms with E-state index in [1.54, 1.807) is 0 Å². The van der Waals surface area contributed by atoms with Gasteiger partial charge in [0, 0.05) is 47.8 Å². The van der Waals surface area contributed by atoms with Gasteiger partial charge in [-0.1, -0.05) is 165 Å². The molecule has 4 heteroatoms. The van der Waals surface area contributed by atoms with Crippen molar-refractivity contribution < 1.29 is 9.47 Å². The summed E-state index contributed by atoms with van der Waals surface area (Å²) in [4.78, 5) is 9.73. The van der Waals surface area contributed by atoms with E-state index in [0.717, 1.165) is 57.7 Å². The molecule has 0 amide bonds. The van der Waals surface area contributed by atoms with Gasteiger partial charge in [0.05, 0.1) is 24.3 Å². The lowest BCUT2D eigenvalue weighted by atomic mass is 9.96. The number of hydrogen-bond acceptors (Lipinski definition) is 4. The molecule has 56 heavy (non-hydrogen) atoms. The second kappa shape index (κ2) is 25.8. The molecule has 0 unspecified atom stereocenters. The summed E-state index contributed by atoms with van der Waals surface area (Å²) < 4.78 is 13.0. The van der Waals surface area contributed by atoms with E-state index >= 15 is 0 Å². The first-order valence-corrected chi connectivity index (χ1v) is 22.4. The van der Waals surface area contributed by atoms with Gasteiger partial charge < -0.3 is 9.47 Å². The highest BCUT2D eigenvalue weighted by atomic mass is 16.5. The van der Waals surface area contributed by atoms with Crippen LogP contribution in [0.1, 0.15) is 188 Å². The third-order valence-electron chi connectivity index (χ3n) is 11.1. The SMILES string of the molecule is CCCCCCCCOc1cc(C#Cc2ccc(C=NC3CCCCC3)cc2)c(OCCCCCCCC)cc1C#Cc1ccc(C=NC2CCCCC2)cc1. The molecule has 298 valence electrons. The number of unbranched alkanes of at least 4 members (excludes halogenated alkanes) is 10. The molecule has 0 saturated heterocycles. The Hall–Kier alpha value is -4.28. The summed E-state index contributed by atoms with van der Waals surface area (Å²) in [6.45, 7) is 5.84. The van der Waals surface area contributed by atoms with Crippen molar-refractivity contribution in [1.29, 1.82) is 0 Å². The summed E-state index contributed by atoms with van der Waals surface area (Å²) >= 11 is 0. The van der Waals surface area contributed by atoms with Crippen molar-refractivity contribution in [2.45, 2.75) is 167 Å². The van der Waals surface area contributed by atoms with Crippen LogP contribution in [-0.2, 0) is 0 Å². The topological polar surface area (TPSA) is 43.2 Å². The Bertz CT molecular complexity index is 1610. The van der Waals surface area contributed by atoms with E-state index in [0.29, 0.717) is 25.3 Å². The van der Waals surface area contributed by atoms with Gasteiger partial charge in [0.15, 0.2) is 0 Å². The summed E-state index contributed by atoms with van der Waals surface area (Å²) in [6.07, 6.45) is 31.4. The highest BCUT2D eigenvalue weighted by molar-refractivity contribution is 5.80. The van der Waals surface area contributed by atoms with E-state index in [1.165, 1.54) is 128 Å². The fourth-order valence-corrected chi connectivity index (χ4v) is 7.55. The van der Waals surface area contributed by atoms with Gasteiger partial charge in [0.1, 0.15) is 11.5 Å². The Morgan fingerprint density at radius 1 is 0.482 bits per heavy atom. The second-order valence-corrected chi connectivity index (χ2v) is 16.0. The lowest BCUT2D eigenvalue weighted by molar-refractivity contribution is 0.295. The van der Waals surface area contributed by atoms with E-state index in [-0.39, 0.29) is 0 Å². The summed E-state index contributed by atoms with van der Waals surface area (Å²) in [7, 11) is 0. The molecule has 5 rings (SSSR count).